The van der Waals surface area contributed by atoms with Crippen LogP contribution in [-0.4, -0.2) is 4.98 Å². The Morgan fingerprint density at radius 1 is 1.69 bits per heavy atom. The molecule has 4 heteroatoms. The Morgan fingerprint density at radius 2 is 2.38 bits per heavy atom. The first-order valence-corrected chi connectivity index (χ1v) is 5.01. The highest BCUT2D eigenvalue weighted by Crippen LogP contribution is 2.19. The molecule has 0 saturated carbocycles. The predicted molar refractivity (Wildman–Crippen MR) is 53.7 cm³/mol. The lowest BCUT2D eigenvalue weighted by Crippen LogP contribution is -2.13. The van der Waals surface area contributed by atoms with Crippen molar-refractivity contribution >= 4 is 15.9 Å². The van der Waals surface area contributed by atoms with E-state index < -0.39 is 0 Å². The Morgan fingerprint density at radius 3 is 2.92 bits per heavy atom. The normalized spacial score (nSPS) is 12.9. The van der Waals surface area contributed by atoms with Gasteiger partial charge in [-0.05, 0) is 28.4 Å². The first kappa shape index (κ1) is 10.6. The third-order valence-corrected chi connectivity index (χ3v) is 2.22. The molecule has 0 radical (unpaired) electrons. The van der Waals surface area contributed by atoms with Gasteiger partial charge in [0, 0.05) is 16.7 Å². The maximum atomic E-state index is 13.3. The molecule has 72 valence electrons. The second-order valence-corrected chi connectivity index (χ2v) is 3.83. The number of aromatic nitrogens is 1. The van der Waals surface area contributed by atoms with Crippen molar-refractivity contribution in [2.24, 2.45) is 5.73 Å². The van der Waals surface area contributed by atoms with Crippen molar-refractivity contribution in [3.05, 3.63) is 28.2 Å². The highest BCUT2D eigenvalue weighted by atomic mass is 79.9. The molecule has 1 rings (SSSR count). The minimum absolute atomic E-state index is 0.293. The van der Waals surface area contributed by atoms with Gasteiger partial charge in [0.05, 0.1) is 5.69 Å². The van der Waals surface area contributed by atoms with Gasteiger partial charge >= 0.3 is 0 Å². The van der Waals surface area contributed by atoms with Gasteiger partial charge in [0.2, 0.25) is 0 Å². The summed E-state index contributed by atoms with van der Waals surface area (Å²) < 4.78 is 13.9. The van der Waals surface area contributed by atoms with Crippen LogP contribution < -0.4 is 5.73 Å². The number of nitrogens with two attached hydrogens (primary N) is 1. The van der Waals surface area contributed by atoms with E-state index in [1.54, 1.807) is 6.20 Å². The number of halogens is 2. The summed E-state index contributed by atoms with van der Waals surface area (Å²) in [5.41, 5.74) is 6.09. The van der Waals surface area contributed by atoms with Gasteiger partial charge in [0.15, 0.2) is 0 Å². The molecule has 0 aliphatic carbocycles. The molecule has 2 nitrogen and oxygen atoms in total. The summed E-state index contributed by atoms with van der Waals surface area (Å²) in [6.45, 7) is 2.01. The van der Waals surface area contributed by atoms with E-state index in [9.17, 15) is 4.39 Å². The predicted octanol–water partition coefficient (Wildman–Crippen LogP) is 2.78. The van der Waals surface area contributed by atoms with E-state index in [4.69, 9.17) is 5.73 Å². The molecule has 0 fully saturated rings. The number of pyridine rings is 1. The summed E-state index contributed by atoms with van der Waals surface area (Å²) in [5.74, 6) is -0.338. The van der Waals surface area contributed by atoms with Gasteiger partial charge in [-0.1, -0.05) is 13.3 Å². The van der Waals surface area contributed by atoms with Crippen LogP contribution in [0.4, 0.5) is 4.39 Å². The van der Waals surface area contributed by atoms with Crippen LogP contribution in [0.1, 0.15) is 31.5 Å². The molecule has 2 N–H and O–H groups in total. The quantitative estimate of drug-likeness (QED) is 0.891. The van der Waals surface area contributed by atoms with Gasteiger partial charge in [-0.25, -0.2) is 4.39 Å². The zero-order valence-corrected chi connectivity index (χ0v) is 9.01. The van der Waals surface area contributed by atoms with E-state index >= 15 is 0 Å². The van der Waals surface area contributed by atoms with Crippen LogP contribution in [0, 0.1) is 5.82 Å². The number of hydrogen-bond acceptors (Lipinski definition) is 2. The summed E-state index contributed by atoms with van der Waals surface area (Å²) >= 11 is 3.14. The number of nitrogens with zero attached hydrogens (tertiary/aromatic N) is 1. The molecule has 0 bridgehead atoms. The second kappa shape index (κ2) is 4.67. The van der Waals surface area contributed by atoms with Crippen molar-refractivity contribution in [1.82, 2.24) is 4.98 Å². The van der Waals surface area contributed by atoms with E-state index in [1.807, 2.05) is 6.92 Å². The van der Waals surface area contributed by atoms with Crippen molar-refractivity contribution in [1.29, 1.82) is 0 Å². The SMILES string of the molecule is CCCC(N)c1ncc(Br)cc1F. The minimum atomic E-state index is -0.338. The monoisotopic (exact) mass is 246 g/mol. The van der Waals surface area contributed by atoms with Crippen LogP contribution in [0.2, 0.25) is 0 Å². The van der Waals surface area contributed by atoms with Gasteiger partial charge in [-0.2, -0.15) is 0 Å². The Kier molecular flexibility index (Phi) is 3.81. The minimum Gasteiger partial charge on any atom is -0.323 e. The van der Waals surface area contributed by atoms with Crippen LogP contribution >= 0.6 is 15.9 Å². The molecule has 0 amide bonds. The van der Waals surface area contributed by atoms with E-state index in [2.05, 4.69) is 20.9 Å². The Balaban J connectivity index is 2.88. The molecule has 0 aliphatic heterocycles. The van der Waals surface area contributed by atoms with Crippen molar-refractivity contribution in [3.63, 3.8) is 0 Å². The number of rotatable bonds is 3. The maximum absolute atomic E-state index is 13.3. The van der Waals surface area contributed by atoms with Crippen LogP contribution in [-0.2, 0) is 0 Å². The first-order valence-electron chi connectivity index (χ1n) is 4.21. The summed E-state index contributed by atoms with van der Waals surface area (Å²) in [6, 6.07) is 1.09. The Labute approximate surface area is 85.5 Å². The maximum Gasteiger partial charge on any atom is 0.147 e. The van der Waals surface area contributed by atoms with E-state index in [1.165, 1.54) is 6.07 Å². The molecule has 13 heavy (non-hydrogen) atoms. The lowest BCUT2D eigenvalue weighted by Gasteiger charge is -2.10. The Hall–Kier alpha value is -0.480. The molecule has 0 saturated heterocycles. The zero-order chi connectivity index (χ0) is 9.84. The standard InChI is InChI=1S/C9H12BrFN2/c1-2-3-8(12)9-7(11)4-6(10)5-13-9/h4-5,8H,2-3,12H2,1H3. The molecule has 1 aromatic rings. The molecule has 1 unspecified atom stereocenters. The van der Waals surface area contributed by atoms with Gasteiger partial charge < -0.3 is 5.73 Å². The largest absolute Gasteiger partial charge is 0.323 e. The van der Waals surface area contributed by atoms with Crippen molar-refractivity contribution < 1.29 is 4.39 Å². The third-order valence-electron chi connectivity index (χ3n) is 1.79. The molecular weight excluding hydrogens is 235 g/mol. The smallest absolute Gasteiger partial charge is 0.147 e. The average Bonchev–Trinajstić information content (AvgIpc) is 2.04. The summed E-state index contributed by atoms with van der Waals surface area (Å²) in [4.78, 5) is 3.95. The van der Waals surface area contributed by atoms with Crippen LogP contribution in [0.5, 0.6) is 0 Å². The lowest BCUT2D eigenvalue weighted by molar-refractivity contribution is 0.542. The fourth-order valence-corrected chi connectivity index (χ4v) is 1.45. The second-order valence-electron chi connectivity index (χ2n) is 2.92. The summed E-state index contributed by atoms with van der Waals surface area (Å²) in [6.07, 6.45) is 3.25. The van der Waals surface area contributed by atoms with Crippen LogP contribution in [0.25, 0.3) is 0 Å². The summed E-state index contributed by atoms with van der Waals surface area (Å²) in [7, 11) is 0. The Bertz CT molecular complexity index is 291. The van der Waals surface area contributed by atoms with Crippen molar-refractivity contribution in [2.75, 3.05) is 0 Å². The molecule has 1 aromatic heterocycles. The van der Waals surface area contributed by atoms with E-state index in [0.717, 1.165) is 12.8 Å². The molecule has 0 spiro atoms. The highest BCUT2D eigenvalue weighted by Gasteiger charge is 2.11. The lowest BCUT2D eigenvalue weighted by atomic mass is 10.1. The van der Waals surface area contributed by atoms with Gasteiger partial charge in [0.25, 0.3) is 0 Å². The topological polar surface area (TPSA) is 38.9 Å². The fraction of sp³-hybridized carbons (Fsp3) is 0.444. The van der Waals surface area contributed by atoms with Gasteiger partial charge in [0.1, 0.15) is 5.82 Å². The first-order chi connectivity index (χ1) is 6.15. The molecule has 1 heterocycles. The summed E-state index contributed by atoms with van der Waals surface area (Å²) in [5, 5.41) is 0. The van der Waals surface area contributed by atoms with Gasteiger partial charge in [-0.15, -0.1) is 0 Å². The van der Waals surface area contributed by atoms with E-state index in [0.29, 0.717) is 10.2 Å². The number of hydrogen-bond donors (Lipinski definition) is 1. The van der Waals surface area contributed by atoms with Crippen LogP contribution in [0.15, 0.2) is 16.7 Å². The molecule has 1 atom stereocenters. The highest BCUT2D eigenvalue weighted by molar-refractivity contribution is 9.10. The molecule has 0 aromatic carbocycles. The average molecular weight is 247 g/mol. The molecule has 0 aliphatic rings. The zero-order valence-electron chi connectivity index (χ0n) is 7.43. The fourth-order valence-electron chi connectivity index (χ4n) is 1.15. The van der Waals surface area contributed by atoms with Gasteiger partial charge in [-0.3, -0.25) is 4.98 Å². The molecular formula is C9H12BrFN2. The van der Waals surface area contributed by atoms with Crippen molar-refractivity contribution in [2.45, 2.75) is 25.8 Å². The van der Waals surface area contributed by atoms with Crippen LogP contribution in [0.3, 0.4) is 0 Å². The van der Waals surface area contributed by atoms with E-state index in [-0.39, 0.29) is 11.9 Å². The van der Waals surface area contributed by atoms with Crippen molar-refractivity contribution in [3.8, 4) is 0 Å². The third kappa shape index (κ3) is 2.74.